The fraction of sp³-hybridized carbons (Fsp3) is 0.118. The third kappa shape index (κ3) is 3.02. The summed E-state index contributed by atoms with van der Waals surface area (Å²) in [5.74, 6) is -1.66. The van der Waals surface area contributed by atoms with E-state index in [2.05, 4.69) is 15.4 Å². The molecule has 0 saturated heterocycles. The predicted octanol–water partition coefficient (Wildman–Crippen LogP) is 2.52. The van der Waals surface area contributed by atoms with Gasteiger partial charge in [0.2, 0.25) is 0 Å². The molecule has 1 aliphatic rings. The van der Waals surface area contributed by atoms with Crippen LogP contribution in [-0.2, 0) is 9.59 Å². The van der Waals surface area contributed by atoms with Gasteiger partial charge >= 0.3 is 0 Å². The van der Waals surface area contributed by atoms with E-state index in [0.29, 0.717) is 5.03 Å². The van der Waals surface area contributed by atoms with Crippen LogP contribution in [0.4, 0.5) is 10.2 Å². The Morgan fingerprint density at radius 2 is 2.00 bits per heavy atom. The van der Waals surface area contributed by atoms with Gasteiger partial charge in [-0.15, -0.1) is 11.8 Å². The van der Waals surface area contributed by atoms with Crippen LogP contribution >= 0.6 is 11.8 Å². The van der Waals surface area contributed by atoms with Crippen molar-refractivity contribution in [2.24, 2.45) is 0 Å². The van der Waals surface area contributed by atoms with Crippen LogP contribution in [0.2, 0.25) is 0 Å². The number of anilines is 1. The van der Waals surface area contributed by atoms with E-state index >= 15 is 0 Å². The summed E-state index contributed by atoms with van der Waals surface area (Å²) in [6.07, 6.45) is 2.88. The van der Waals surface area contributed by atoms with Crippen molar-refractivity contribution in [3.05, 3.63) is 47.3 Å². The number of nitrogens with zero attached hydrogens (tertiary/aromatic N) is 4. The average molecular weight is 369 g/mol. The third-order valence-electron chi connectivity index (χ3n) is 3.61. The molecule has 2 heterocycles. The van der Waals surface area contributed by atoms with Crippen molar-refractivity contribution in [2.75, 3.05) is 11.7 Å². The average Bonchev–Trinajstić information content (AvgIpc) is 2.87. The Hall–Kier alpha value is -3.25. The highest BCUT2D eigenvalue weighted by Crippen LogP contribution is 2.29. The maximum Gasteiger partial charge on any atom is 0.275 e. The summed E-state index contributed by atoms with van der Waals surface area (Å²) >= 11 is 1.17. The lowest BCUT2D eigenvalue weighted by atomic mass is 10.2. The minimum absolute atomic E-state index is 0.0396. The molecule has 1 N–H and O–H groups in total. The van der Waals surface area contributed by atoms with Gasteiger partial charge < -0.3 is 0 Å². The Morgan fingerprint density at radius 3 is 2.58 bits per heavy atom. The molecule has 2 aromatic rings. The van der Waals surface area contributed by atoms with Crippen molar-refractivity contribution in [2.45, 2.75) is 11.9 Å². The Kier molecular flexibility index (Phi) is 4.69. The lowest BCUT2D eigenvalue weighted by Gasteiger charge is -2.18. The van der Waals surface area contributed by atoms with Crippen LogP contribution in [0.15, 0.2) is 40.9 Å². The molecule has 1 aliphatic heterocycles. The monoisotopic (exact) mass is 369 g/mol. The van der Waals surface area contributed by atoms with Crippen LogP contribution < -0.4 is 5.43 Å². The van der Waals surface area contributed by atoms with E-state index in [9.17, 15) is 19.2 Å². The molecule has 7 nitrogen and oxygen atoms in total. The summed E-state index contributed by atoms with van der Waals surface area (Å²) in [6, 6.07) is 7.89. The van der Waals surface area contributed by atoms with Gasteiger partial charge in [0.25, 0.3) is 11.8 Å². The first-order valence-corrected chi connectivity index (χ1v) is 8.63. The van der Waals surface area contributed by atoms with Gasteiger partial charge in [0.05, 0.1) is 5.56 Å². The molecule has 130 valence electrons. The molecule has 0 spiro atoms. The van der Waals surface area contributed by atoms with Crippen molar-refractivity contribution in [1.29, 1.82) is 5.26 Å². The Balaban J connectivity index is 2.11. The SMILES string of the molecule is CSc1nc(-c2ccccc2F)nc(NN2C(=O)C=C(C)C2=O)c1C#N. The van der Waals surface area contributed by atoms with Gasteiger partial charge in [-0.3, -0.25) is 15.0 Å². The summed E-state index contributed by atoms with van der Waals surface area (Å²) in [7, 11) is 0. The fourth-order valence-corrected chi connectivity index (χ4v) is 2.86. The minimum atomic E-state index is -0.576. The van der Waals surface area contributed by atoms with Crippen LogP contribution in [0.5, 0.6) is 0 Å². The molecule has 0 unspecified atom stereocenters. The number of aromatic nitrogens is 2. The zero-order valence-electron chi connectivity index (χ0n) is 13.8. The van der Waals surface area contributed by atoms with E-state index in [0.717, 1.165) is 5.01 Å². The standard InChI is InChI=1S/C17H12FN5O2S/c1-9-7-13(24)23(17(9)25)22-15-11(8-19)16(26-2)21-14(20-15)10-5-3-4-6-12(10)18/h3-7H,1-2H3,(H,20,21,22). The van der Waals surface area contributed by atoms with Gasteiger partial charge in [0.1, 0.15) is 22.5 Å². The zero-order valence-corrected chi connectivity index (χ0v) is 14.6. The third-order valence-corrected chi connectivity index (χ3v) is 4.30. The molecule has 2 amide bonds. The highest BCUT2D eigenvalue weighted by atomic mass is 32.2. The predicted molar refractivity (Wildman–Crippen MR) is 93.2 cm³/mol. The molecular weight excluding hydrogens is 357 g/mol. The smallest absolute Gasteiger partial charge is 0.270 e. The lowest BCUT2D eigenvalue weighted by molar-refractivity contribution is -0.135. The molecule has 0 saturated carbocycles. The van der Waals surface area contributed by atoms with Gasteiger partial charge in [-0.25, -0.2) is 14.4 Å². The second kappa shape index (κ2) is 6.93. The second-order valence-electron chi connectivity index (χ2n) is 5.29. The second-order valence-corrected chi connectivity index (χ2v) is 6.08. The normalized spacial score (nSPS) is 13.6. The van der Waals surface area contributed by atoms with Crippen molar-refractivity contribution in [1.82, 2.24) is 15.0 Å². The van der Waals surface area contributed by atoms with Crippen molar-refractivity contribution in [3.8, 4) is 17.5 Å². The molecule has 1 aromatic carbocycles. The Morgan fingerprint density at radius 1 is 1.27 bits per heavy atom. The number of hydrogen-bond acceptors (Lipinski definition) is 7. The quantitative estimate of drug-likeness (QED) is 0.502. The van der Waals surface area contributed by atoms with Crippen LogP contribution in [0.25, 0.3) is 11.4 Å². The number of nitriles is 1. The lowest BCUT2D eigenvalue weighted by Crippen LogP contribution is -2.37. The van der Waals surface area contributed by atoms with Gasteiger partial charge in [0.15, 0.2) is 11.6 Å². The van der Waals surface area contributed by atoms with Crippen LogP contribution in [0.1, 0.15) is 12.5 Å². The Labute approximate surface area is 152 Å². The van der Waals surface area contributed by atoms with E-state index in [4.69, 9.17) is 0 Å². The molecule has 0 bridgehead atoms. The number of rotatable bonds is 4. The van der Waals surface area contributed by atoms with Gasteiger partial charge in [-0.2, -0.15) is 10.3 Å². The molecule has 0 radical (unpaired) electrons. The first-order chi connectivity index (χ1) is 12.5. The molecule has 0 atom stereocenters. The van der Waals surface area contributed by atoms with E-state index < -0.39 is 17.6 Å². The summed E-state index contributed by atoms with van der Waals surface area (Å²) in [5.41, 5.74) is 3.03. The summed E-state index contributed by atoms with van der Waals surface area (Å²) in [5, 5.41) is 10.5. The van der Waals surface area contributed by atoms with Gasteiger partial charge in [-0.1, -0.05) is 12.1 Å². The van der Waals surface area contributed by atoms with Crippen LogP contribution in [0.3, 0.4) is 0 Å². The van der Waals surface area contributed by atoms with E-state index in [1.807, 2.05) is 6.07 Å². The van der Waals surface area contributed by atoms with Gasteiger partial charge in [0, 0.05) is 11.6 Å². The number of carbonyl (C=O) groups is 2. The van der Waals surface area contributed by atoms with Gasteiger partial charge in [-0.05, 0) is 25.3 Å². The van der Waals surface area contributed by atoms with E-state index in [-0.39, 0.29) is 28.3 Å². The molecule has 26 heavy (non-hydrogen) atoms. The molecule has 0 aliphatic carbocycles. The summed E-state index contributed by atoms with van der Waals surface area (Å²) < 4.78 is 14.1. The van der Waals surface area contributed by atoms with E-state index in [1.165, 1.54) is 43.0 Å². The molecule has 1 aromatic heterocycles. The first-order valence-electron chi connectivity index (χ1n) is 7.40. The first kappa shape index (κ1) is 17.6. The molecular formula is C17H12FN5O2S. The number of benzene rings is 1. The number of carbonyl (C=O) groups excluding carboxylic acids is 2. The highest BCUT2D eigenvalue weighted by Gasteiger charge is 2.30. The number of nitrogens with one attached hydrogen (secondary N) is 1. The maximum absolute atomic E-state index is 14.1. The molecule has 9 heteroatoms. The number of imide groups is 1. The number of thioether (sulfide) groups is 1. The number of halogens is 1. The van der Waals surface area contributed by atoms with Crippen molar-refractivity contribution >= 4 is 29.4 Å². The Bertz CT molecular complexity index is 999. The van der Waals surface area contributed by atoms with Crippen LogP contribution in [0, 0.1) is 17.1 Å². The van der Waals surface area contributed by atoms with Crippen molar-refractivity contribution < 1.29 is 14.0 Å². The van der Waals surface area contributed by atoms with Crippen LogP contribution in [-0.4, -0.2) is 33.0 Å². The molecule has 3 rings (SSSR count). The topological polar surface area (TPSA) is 99.0 Å². The largest absolute Gasteiger partial charge is 0.275 e. The summed E-state index contributed by atoms with van der Waals surface area (Å²) in [6.45, 7) is 1.51. The number of hydrazine groups is 1. The molecule has 0 fully saturated rings. The fourth-order valence-electron chi connectivity index (χ4n) is 2.33. The maximum atomic E-state index is 14.1. The van der Waals surface area contributed by atoms with Crippen molar-refractivity contribution in [3.63, 3.8) is 0 Å². The minimum Gasteiger partial charge on any atom is -0.270 e. The number of amides is 2. The zero-order chi connectivity index (χ0) is 18.8. The summed E-state index contributed by atoms with van der Waals surface area (Å²) in [4.78, 5) is 32.4. The van der Waals surface area contributed by atoms with E-state index in [1.54, 1.807) is 12.3 Å². The highest BCUT2D eigenvalue weighted by molar-refractivity contribution is 7.98. The number of hydrogen-bond donors (Lipinski definition) is 1.